The number of nitro groups is 1. The van der Waals surface area contributed by atoms with Gasteiger partial charge in [-0.05, 0) is 18.2 Å². The lowest BCUT2D eigenvalue weighted by atomic mass is 10.0. The summed E-state index contributed by atoms with van der Waals surface area (Å²) >= 11 is 0. The molecule has 4 aromatic rings. The van der Waals surface area contributed by atoms with Crippen molar-refractivity contribution in [3.63, 3.8) is 0 Å². The van der Waals surface area contributed by atoms with Gasteiger partial charge in [-0.15, -0.1) is 0 Å². The molecule has 0 aliphatic carbocycles. The van der Waals surface area contributed by atoms with Crippen LogP contribution in [-0.2, 0) is 4.74 Å². The lowest BCUT2D eigenvalue weighted by Gasteiger charge is -2.06. The molecule has 0 aliphatic rings. The zero-order valence-corrected chi connectivity index (χ0v) is 16.0. The number of nitro benzene ring substituents is 1. The third-order valence-electron chi connectivity index (χ3n) is 4.70. The Morgan fingerprint density at radius 2 is 1.84 bits per heavy atom. The van der Waals surface area contributed by atoms with Crippen molar-refractivity contribution < 1.29 is 24.4 Å². The number of ether oxygens (including phenoxy) is 1. The van der Waals surface area contributed by atoms with E-state index in [0.29, 0.717) is 28.1 Å². The summed E-state index contributed by atoms with van der Waals surface area (Å²) in [7, 11) is 1.28. The average Bonchev–Trinajstić information content (AvgIpc) is 3.22. The van der Waals surface area contributed by atoms with Gasteiger partial charge in [0.05, 0.1) is 39.9 Å². The van der Waals surface area contributed by atoms with E-state index in [2.05, 4.69) is 19.9 Å². The Kier molecular flexibility index (Phi) is 4.88. The van der Waals surface area contributed by atoms with Crippen LogP contribution in [0, 0.1) is 10.1 Å². The smallest absolute Gasteiger partial charge is 0.337 e. The molecule has 10 nitrogen and oxygen atoms in total. The van der Waals surface area contributed by atoms with Crippen molar-refractivity contribution in [2.75, 3.05) is 7.11 Å². The maximum absolute atomic E-state index is 12.0. The molecule has 0 spiro atoms. The molecule has 10 heteroatoms. The van der Waals surface area contributed by atoms with Crippen molar-refractivity contribution in [3.05, 3.63) is 75.8 Å². The fraction of sp³-hybridized carbons (Fsp3) is 0.0476. The Labute approximate surface area is 174 Å². The number of fused-ring (bicyclic) bond motifs is 1. The van der Waals surface area contributed by atoms with Crippen LogP contribution in [0.5, 0.6) is 0 Å². The topological polar surface area (TPSA) is 148 Å². The second-order valence-electron chi connectivity index (χ2n) is 6.53. The number of hydrogen-bond donors (Lipinski definition) is 2. The highest BCUT2D eigenvalue weighted by Crippen LogP contribution is 2.32. The number of hydrogen-bond acceptors (Lipinski definition) is 7. The highest BCUT2D eigenvalue weighted by Gasteiger charge is 2.21. The second kappa shape index (κ2) is 7.67. The number of carbonyl (C=O) groups is 2. The van der Waals surface area contributed by atoms with Crippen LogP contribution in [0.2, 0.25) is 0 Å². The minimum Gasteiger partial charge on any atom is -0.478 e. The first-order valence-corrected chi connectivity index (χ1v) is 8.95. The Balaban J connectivity index is 1.86. The maximum Gasteiger partial charge on any atom is 0.337 e. The Hall–Kier alpha value is -4.60. The Bertz CT molecular complexity index is 1340. The number of pyridine rings is 1. The van der Waals surface area contributed by atoms with Gasteiger partial charge in [0.25, 0.3) is 5.69 Å². The highest BCUT2D eigenvalue weighted by molar-refractivity contribution is 6.08. The van der Waals surface area contributed by atoms with Gasteiger partial charge in [-0.1, -0.05) is 24.3 Å². The summed E-state index contributed by atoms with van der Waals surface area (Å²) in [4.78, 5) is 38.6. The van der Waals surface area contributed by atoms with Crippen molar-refractivity contribution in [3.8, 4) is 22.5 Å². The molecule has 154 valence electrons. The van der Waals surface area contributed by atoms with Gasteiger partial charge < -0.3 is 9.84 Å². The van der Waals surface area contributed by atoms with Crippen molar-refractivity contribution in [2.24, 2.45) is 0 Å². The van der Waals surface area contributed by atoms with Crippen LogP contribution in [0.4, 0.5) is 5.69 Å². The normalized spacial score (nSPS) is 10.7. The van der Waals surface area contributed by atoms with Gasteiger partial charge in [0, 0.05) is 23.3 Å². The molecular weight excluding hydrogens is 404 g/mol. The monoisotopic (exact) mass is 418 g/mol. The number of nitrogens with one attached hydrogen (secondary N) is 1. The number of aromatic amines is 1. The fourth-order valence-electron chi connectivity index (χ4n) is 3.22. The summed E-state index contributed by atoms with van der Waals surface area (Å²) in [6.45, 7) is 0. The number of benzene rings is 2. The van der Waals surface area contributed by atoms with Gasteiger partial charge in [0.2, 0.25) is 0 Å². The molecule has 0 atom stereocenters. The summed E-state index contributed by atoms with van der Waals surface area (Å²) in [5.41, 5.74) is 1.95. The molecule has 0 unspecified atom stereocenters. The van der Waals surface area contributed by atoms with Crippen LogP contribution in [-0.4, -0.2) is 44.3 Å². The van der Waals surface area contributed by atoms with Crippen LogP contribution < -0.4 is 0 Å². The molecule has 0 fully saturated rings. The van der Waals surface area contributed by atoms with Crippen LogP contribution in [0.3, 0.4) is 0 Å². The molecule has 2 aromatic heterocycles. The zero-order chi connectivity index (χ0) is 22.1. The van der Waals surface area contributed by atoms with E-state index in [-0.39, 0.29) is 22.3 Å². The number of aromatic carboxylic acids is 1. The van der Waals surface area contributed by atoms with Crippen LogP contribution >= 0.6 is 0 Å². The number of carboxylic acid groups (broad SMARTS) is 1. The molecule has 2 heterocycles. The van der Waals surface area contributed by atoms with Gasteiger partial charge in [-0.25, -0.2) is 14.6 Å². The van der Waals surface area contributed by atoms with Crippen LogP contribution in [0.25, 0.3) is 33.5 Å². The van der Waals surface area contributed by atoms with Gasteiger partial charge in [0.1, 0.15) is 0 Å². The lowest BCUT2D eigenvalue weighted by Crippen LogP contribution is -2.02. The number of esters is 1. The van der Waals surface area contributed by atoms with Crippen molar-refractivity contribution in [1.82, 2.24) is 15.2 Å². The van der Waals surface area contributed by atoms with E-state index in [9.17, 15) is 24.8 Å². The first-order chi connectivity index (χ1) is 14.9. The van der Waals surface area contributed by atoms with Crippen molar-refractivity contribution in [2.45, 2.75) is 0 Å². The van der Waals surface area contributed by atoms with E-state index in [1.165, 1.54) is 31.4 Å². The zero-order valence-electron chi connectivity index (χ0n) is 16.0. The summed E-state index contributed by atoms with van der Waals surface area (Å²) in [6.07, 6.45) is 0. The number of nitrogens with zero attached hydrogens (tertiary/aromatic N) is 3. The highest BCUT2D eigenvalue weighted by atomic mass is 16.6. The summed E-state index contributed by atoms with van der Waals surface area (Å²) in [5.74, 6) is -1.69. The van der Waals surface area contributed by atoms with E-state index >= 15 is 0 Å². The molecule has 0 saturated carbocycles. The third kappa shape index (κ3) is 3.57. The van der Waals surface area contributed by atoms with Gasteiger partial charge in [-0.2, -0.15) is 5.10 Å². The SMILES string of the molecule is COC(=O)c1ccc(-c2cc(C(=O)O)c3c(-c4cccc([N+](=O)[O-])c4)[nH]nc3n2)cc1. The number of carbonyl (C=O) groups excluding carboxylic acids is 1. The van der Waals surface area contributed by atoms with Gasteiger partial charge in [-0.3, -0.25) is 15.2 Å². The fourth-order valence-corrected chi connectivity index (χ4v) is 3.22. The summed E-state index contributed by atoms with van der Waals surface area (Å²) in [5, 5.41) is 28.0. The molecule has 0 aliphatic heterocycles. The number of carboxylic acids is 1. The average molecular weight is 418 g/mol. The third-order valence-corrected chi connectivity index (χ3v) is 4.70. The quantitative estimate of drug-likeness (QED) is 0.283. The van der Waals surface area contributed by atoms with E-state index in [4.69, 9.17) is 0 Å². The minimum atomic E-state index is -1.20. The summed E-state index contributed by atoms with van der Waals surface area (Å²) < 4.78 is 4.67. The number of non-ortho nitro benzene ring substituents is 1. The second-order valence-corrected chi connectivity index (χ2v) is 6.53. The molecule has 31 heavy (non-hydrogen) atoms. The predicted molar refractivity (Wildman–Crippen MR) is 110 cm³/mol. The molecular formula is C21H14N4O6. The van der Waals surface area contributed by atoms with E-state index in [1.807, 2.05) is 0 Å². The molecule has 4 rings (SSSR count). The lowest BCUT2D eigenvalue weighted by molar-refractivity contribution is -0.384. The standard InChI is InChI=1S/C21H14N4O6/c1-31-21(28)12-7-5-11(6-8-12)16-10-15(20(26)27)17-18(23-24-19(17)22-16)13-3-2-4-14(9-13)25(29)30/h2-10H,1H3,(H,26,27)(H,22,23,24). The van der Waals surface area contributed by atoms with Crippen molar-refractivity contribution >= 4 is 28.7 Å². The molecule has 2 aromatic carbocycles. The summed E-state index contributed by atoms with van der Waals surface area (Å²) in [6, 6.07) is 13.5. The van der Waals surface area contributed by atoms with Gasteiger partial charge in [0.15, 0.2) is 5.65 Å². The molecule has 0 bridgehead atoms. The first-order valence-electron chi connectivity index (χ1n) is 8.95. The van der Waals surface area contributed by atoms with Crippen LogP contribution in [0.1, 0.15) is 20.7 Å². The first kappa shape index (κ1) is 19.7. The number of rotatable bonds is 5. The number of aromatic nitrogens is 3. The van der Waals surface area contributed by atoms with Gasteiger partial charge >= 0.3 is 11.9 Å². The molecule has 0 amide bonds. The minimum absolute atomic E-state index is 0.0627. The van der Waals surface area contributed by atoms with E-state index in [0.717, 1.165) is 0 Å². The molecule has 0 saturated heterocycles. The van der Waals surface area contributed by atoms with Crippen molar-refractivity contribution in [1.29, 1.82) is 0 Å². The predicted octanol–water partition coefficient (Wildman–Crippen LogP) is 3.68. The van der Waals surface area contributed by atoms with E-state index in [1.54, 1.807) is 30.3 Å². The number of H-pyrrole nitrogens is 1. The van der Waals surface area contributed by atoms with Crippen LogP contribution in [0.15, 0.2) is 54.6 Å². The Morgan fingerprint density at radius 1 is 1.10 bits per heavy atom. The number of methoxy groups -OCH3 is 1. The molecule has 0 radical (unpaired) electrons. The van der Waals surface area contributed by atoms with E-state index < -0.39 is 16.9 Å². The maximum atomic E-state index is 12.0. The Morgan fingerprint density at radius 3 is 2.48 bits per heavy atom. The largest absolute Gasteiger partial charge is 0.478 e. The molecule has 2 N–H and O–H groups in total.